The quantitative estimate of drug-likeness (QED) is 0.687. The van der Waals surface area contributed by atoms with Crippen molar-refractivity contribution in [1.29, 1.82) is 0 Å². The van der Waals surface area contributed by atoms with E-state index in [9.17, 15) is 14.9 Å². The van der Waals surface area contributed by atoms with Crippen LogP contribution in [-0.4, -0.2) is 33.8 Å². The van der Waals surface area contributed by atoms with Crippen molar-refractivity contribution in [2.24, 2.45) is 0 Å². The molecular weight excluding hydrogens is 308 g/mol. The number of rotatable bonds is 4. The molecule has 1 amide bonds. The number of likely N-dealkylation sites (tertiary alicyclic amines) is 1. The van der Waals surface area contributed by atoms with E-state index in [1.165, 1.54) is 12.1 Å². The molecule has 124 valence electrons. The molecule has 1 aromatic carbocycles. The number of nitro groups is 1. The number of nitrogens with one attached hydrogen (secondary N) is 1. The van der Waals surface area contributed by atoms with E-state index < -0.39 is 4.92 Å². The molecule has 2 heterocycles. The predicted molar refractivity (Wildman–Crippen MR) is 90.4 cm³/mol. The number of piperidine rings is 1. The monoisotopic (exact) mass is 326 g/mol. The average Bonchev–Trinajstić information content (AvgIpc) is 2.63. The van der Waals surface area contributed by atoms with Crippen LogP contribution in [0, 0.1) is 10.1 Å². The van der Waals surface area contributed by atoms with Gasteiger partial charge < -0.3 is 10.2 Å². The normalized spacial score (nSPS) is 14.2. The Bertz CT molecular complexity index is 743. The average molecular weight is 326 g/mol. The summed E-state index contributed by atoms with van der Waals surface area (Å²) >= 11 is 0. The zero-order valence-corrected chi connectivity index (χ0v) is 13.1. The summed E-state index contributed by atoms with van der Waals surface area (Å²) < 4.78 is 0. The Hall–Kier alpha value is -2.96. The van der Waals surface area contributed by atoms with E-state index in [0.717, 1.165) is 24.9 Å². The van der Waals surface area contributed by atoms with Gasteiger partial charge in [-0.3, -0.25) is 19.9 Å². The molecule has 0 saturated carbocycles. The fourth-order valence-corrected chi connectivity index (χ4v) is 2.79. The third-order valence-electron chi connectivity index (χ3n) is 4.05. The Morgan fingerprint density at radius 2 is 1.83 bits per heavy atom. The van der Waals surface area contributed by atoms with Crippen molar-refractivity contribution in [2.75, 3.05) is 18.4 Å². The maximum Gasteiger partial charge on any atom is 0.270 e. The number of carbonyl (C=O) groups is 1. The van der Waals surface area contributed by atoms with Gasteiger partial charge in [0.25, 0.3) is 11.6 Å². The van der Waals surface area contributed by atoms with Crippen molar-refractivity contribution >= 4 is 23.0 Å². The summed E-state index contributed by atoms with van der Waals surface area (Å²) in [7, 11) is 0. The number of pyridine rings is 1. The molecule has 3 rings (SSSR count). The van der Waals surface area contributed by atoms with Crippen LogP contribution in [0.2, 0.25) is 0 Å². The number of carbonyl (C=O) groups excluding carboxylic acids is 1. The van der Waals surface area contributed by atoms with Gasteiger partial charge in [0.05, 0.1) is 16.2 Å². The van der Waals surface area contributed by atoms with Crippen molar-refractivity contribution in [3.05, 3.63) is 58.4 Å². The molecule has 1 saturated heterocycles. The van der Waals surface area contributed by atoms with Gasteiger partial charge in [0.2, 0.25) is 0 Å². The van der Waals surface area contributed by atoms with Crippen LogP contribution in [0.1, 0.15) is 29.6 Å². The molecule has 7 nitrogen and oxygen atoms in total. The van der Waals surface area contributed by atoms with Crippen molar-refractivity contribution in [1.82, 2.24) is 9.88 Å². The molecule has 0 unspecified atom stereocenters. The second-order valence-electron chi connectivity index (χ2n) is 5.70. The molecule has 0 atom stereocenters. The van der Waals surface area contributed by atoms with E-state index in [4.69, 9.17) is 0 Å². The van der Waals surface area contributed by atoms with Crippen LogP contribution >= 0.6 is 0 Å². The van der Waals surface area contributed by atoms with Gasteiger partial charge in [-0.15, -0.1) is 0 Å². The molecule has 0 aliphatic carbocycles. The molecule has 0 spiro atoms. The smallest absolute Gasteiger partial charge is 0.270 e. The molecule has 24 heavy (non-hydrogen) atoms. The predicted octanol–water partition coefficient (Wildman–Crippen LogP) is 3.36. The number of nitrogens with zero attached hydrogens (tertiary/aromatic N) is 3. The number of benzene rings is 1. The van der Waals surface area contributed by atoms with E-state index in [1.807, 2.05) is 0 Å². The fourth-order valence-electron chi connectivity index (χ4n) is 2.79. The molecule has 1 N–H and O–H groups in total. The van der Waals surface area contributed by atoms with Crippen LogP contribution in [0.5, 0.6) is 0 Å². The fraction of sp³-hybridized carbons (Fsp3) is 0.294. The highest BCUT2D eigenvalue weighted by Crippen LogP contribution is 2.27. The summed E-state index contributed by atoms with van der Waals surface area (Å²) in [6, 6.07) is 7.87. The highest BCUT2D eigenvalue weighted by Gasteiger charge is 2.23. The molecule has 2 aromatic rings. The highest BCUT2D eigenvalue weighted by atomic mass is 16.6. The minimum Gasteiger partial charge on any atom is -0.355 e. The van der Waals surface area contributed by atoms with Crippen molar-refractivity contribution in [3.63, 3.8) is 0 Å². The first kappa shape index (κ1) is 15.9. The Balaban J connectivity index is 1.95. The topological polar surface area (TPSA) is 88.4 Å². The van der Waals surface area contributed by atoms with Gasteiger partial charge in [-0.05, 0) is 37.5 Å². The van der Waals surface area contributed by atoms with Crippen LogP contribution < -0.4 is 5.32 Å². The zero-order chi connectivity index (χ0) is 16.9. The maximum absolute atomic E-state index is 12.8. The minimum absolute atomic E-state index is 0.0874. The summed E-state index contributed by atoms with van der Waals surface area (Å²) in [5.41, 5.74) is 1.56. The SMILES string of the molecule is O=C(c1cc([N+](=O)[O-])ccc1Nc1ccncc1)N1CCCCC1. The van der Waals surface area contributed by atoms with Gasteiger partial charge >= 0.3 is 0 Å². The van der Waals surface area contributed by atoms with Crippen molar-refractivity contribution < 1.29 is 9.72 Å². The zero-order valence-electron chi connectivity index (χ0n) is 13.1. The lowest BCUT2D eigenvalue weighted by molar-refractivity contribution is -0.384. The summed E-state index contributed by atoms with van der Waals surface area (Å²) in [6.45, 7) is 1.38. The third kappa shape index (κ3) is 3.51. The molecule has 1 aliphatic rings. The van der Waals surface area contributed by atoms with E-state index in [1.54, 1.807) is 35.5 Å². The molecule has 7 heteroatoms. The van der Waals surface area contributed by atoms with Crippen molar-refractivity contribution in [2.45, 2.75) is 19.3 Å². The number of anilines is 2. The lowest BCUT2D eigenvalue weighted by atomic mass is 10.1. The number of nitro benzene ring substituents is 1. The van der Waals surface area contributed by atoms with Crippen LogP contribution in [0.15, 0.2) is 42.7 Å². The Morgan fingerprint density at radius 1 is 1.12 bits per heavy atom. The number of amides is 1. The lowest BCUT2D eigenvalue weighted by Gasteiger charge is -2.27. The largest absolute Gasteiger partial charge is 0.355 e. The van der Waals surface area contributed by atoms with Gasteiger partial charge in [-0.1, -0.05) is 0 Å². The van der Waals surface area contributed by atoms with Crippen LogP contribution in [0.4, 0.5) is 17.1 Å². The Morgan fingerprint density at radius 3 is 2.50 bits per heavy atom. The molecule has 0 radical (unpaired) electrons. The maximum atomic E-state index is 12.8. The first-order valence-corrected chi connectivity index (χ1v) is 7.90. The van der Waals surface area contributed by atoms with E-state index in [-0.39, 0.29) is 11.6 Å². The second kappa shape index (κ2) is 7.08. The highest BCUT2D eigenvalue weighted by molar-refractivity contribution is 6.01. The Labute approximate surface area is 139 Å². The lowest BCUT2D eigenvalue weighted by Crippen LogP contribution is -2.35. The molecule has 1 aliphatic heterocycles. The molecule has 1 aromatic heterocycles. The van der Waals surface area contributed by atoms with Crippen molar-refractivity contribution in [3.8, 4) is 0 Å². The Kier molecular flexibility index (Phi) is 4.69. The third-order valence-corrected chi connectivity index (χ3v) is 4.05. The molecular formula is C17H18N4O3. The number of non-ortho nitro benzene ring substituents is 1. The summed E-state index contributed by atoms with van der Waals surface area (Å²) in [6.07, 6.45) is 6.32. The molecule has 1 fully saturated rings. The van der Waals surface area contributed by atoms with E-state index >= 15 is 0 Å². The van der Waals surface area contributed by atoms with E-state index in [0.29, 0.717) is 24.3 Å². The van der Waals surface area contributed by atoms with Gasteiger partial charge in [-0.25, -0.2) is 0 Å². The minimum atomic E-state index is -0.483. The number of hydrogen-bond acceptors (Lipinski definition) is 5. The van der Waals surface area contributed by atoms with Crippen LogP contribution in [-0.2, 0) is 0 Å². The first-order valence-electron chi connectivity index (χ1n) is 7.90. The van der Waals surface area contributed by atoms with Crippen LogP contribution in [0.3, 0.4) is 0 Å². The summed E-state index contributed by atoms with van der Waals surface area (Å²) in [5.74, 6) is -0.171. The van der Waals surface area contributed by atoms with Crippen LogP contribution in [0.25, 0.3) is 0 Å². The van der Waals surface area contributed by atoms with Gasteiger partial charge in [-0.2, -0.15) is 0 Å². The first-order chi connectivity index (χ1) is 11.6. The number of aromatic nitrogens is 1. The molecule has 0 bridgehead atoms. The summed E-state index contributed by atoms with van der Waals surface area (Å²) in [5, 5.41) is 14.2. The number of hydrogen-bond donors (Lipinski definition) is 1. The van der Waals surface area contributed by atoms with Gasteiger partial charge in [0.1, 0.15) is 0 Å². The van der Waals surface area contributed by atoms with Gasteiger partial charge in [0.15, 0.2) is 0 Å². The van der Waals surface area contributed by atoms with E-state index in [2.05, 4.69) is 10.3 Å². The van der Waals surface area contributed by atoms with Gasteiger partial charge in [0, 0.05) is 43.3 Å². The standard InChI is InChI=1S/C17H18N4O3/c22-17(20-10-2-1-3-11-20)15-12-14(21(23)24)4-5-16(15)19-13-6-8-18-9-7-13/h4-9,12H,1-3,10-11H2,(H,18,19). The second-order valence-corrected chi connectivity index (χ2v) is 5.70. The summed E-state index contributed by atoms with van der Waals surface area (Å²) in [4.78, 5) is 29.1.